The summed E-state index contributed by atoms with van der Waals surface area (Å²) in [4.78, 5) is 26.3. The first-order valence-electron chi connectivity index (χ1n) is 11.0. The fourth-order valence-electron chi connectivity index (χ4n) is 3.65. The van der Waals surface area contributed by atoms with Crippen molar-refractivity contribution in [2.24, 2.45) is 0 Å². The van der Waals surface area contributed by atoms with E-state index in [2.05, 4.69) is 17.2 Å². The molecule has 1 aromatic rings. The van der Waals surface area contributed by atoms with Crippen molar-refractivity contribution in [3.05, 3.63) is 35.9 Å². The first-order chi connectivity index (χ1) is 14.5. The number of likely N-dealkylation sites (tertiary alicyclic amines) is 1. The molecule has 0 saturated carbocycles. The van der Waals surface area contributed by atoms with E-state index < -0.39 is 19.5 Å². The SMILES string of the molecule is CCOC(=O)CN1CCCC[C@H](NP(=O)(CCCCc2ccccc2)OCC)C1=O. The average Bonchev–Trinajstić information content (AvgIpc) is 2.88. The maximum absolute atomic E-state index is 13.4. The Bertz CT molecular complexity index is 713. The van der Waals surface area contributed by atoms with E-state index in [1.165, 1.54) is 10.5 Å². The highest BCUT2D eigenvalue weighted by atomic mass is 31.2. The summed E-state index contributed by atoms with van der Waals surface area (Å²) in [6.07, 6.45) is 5.16. The lowest BCUT2D eigenvalue weighted by atomic mass is 10.1. The molecule has 2 atom stereocenters. The smallest absolute Gasteiger partial charge is 0.325 e. The van der Waals surface area contributed by atoms with Crippen LogP contribution in [0, 0.1) is 0 Å². The molecule has 1 unspecified atom stereocenters. The van der Waals surface area contributed by atoms with Crippen LogP contribution in [0.4, 0.5) is 0 Å². The largest absolute Gasteiger partial charge is 0.465 e. The van der Waals surface area contributed by atoms with Crippen LogP contribution in [0.2, 0.25) is 0 Å². The van der Waals surface area contributed by atoms with Crippen molar-refractivity contribution >= 4 is 19.4 Å². The maximum atomic E-state index is 13.4. The van der Waals surface area contributed by atoms with Crippen molar-refractivity contribution in [1.82, 2.24) is 9.99 Å². The number of hydrogen-bond acceptors (Lipinski definition) is 5. The molecule has 1 amide bonds. The van der Waals surface area contributed by atoms with Gasteiger partial charge in [0.2, 0.25) is 5.91 Å². The molecule has 1 aliphatic rings. The lowest BCUT2D eigenvalue weighted by Gasteiger charge is -2.27. The number of ether oxygens (including phenoxy) is 1. The molecular weight excluding hydrogens is 403 g/mol. The van der Waals surface area contributed by atoms with Crippen LogP contribution in [0.3, 0.4) is 0 Å². The second-order valence-corrected chi connectivity index (χ2v) is 9.81. The molecule has 1 N–H and O–H groups in total. The Morgan fingerprint density at radius 2 is 1.93 bits per heavy atom. The Labute approximate surface area is 180 Å². The van der Waals surface area contributed by atoms with Gasteiger partial charge in [0, 0.05) is 12.7 Å². The van der Waals surface area contributed by atoms with E-state index in [-0.39, 0.29) is 19.1 Å². The van der Waals surface area contributed by atoms with Crippen LogP contribution in [0.15, 0.2) is 30.3 Å². The van der Waals surface area contributed by atoms with Gasteiger partial charge in [0.1, 0.15) is 6.54 Å². The second-order valence-electron chi connectivity index (χ2n) is 7.50. The third-order valence-electron chi connectivity index (χ3n) is 5.11. The molecule has 0 spiro atoms. The molecule has 0 radical (unpaired) electrons. The molecule has 0 aromatic heterocycles. The molecule has 1 saturated heterocycles. The van der Waals surface area contributed by atoms with E-state index in [1.54, 1.807) is 13.8 Å². The van der Waals surface area contributed by atoms with Crippen molar-refractivity contribution in [2.45, 2.75) is 58.4 Å². The number of esters is 1. The molecule has 1 fully saturated rings. The molecular formula is C22H35N2O5P. The Kier molecular flexibility index (Phi) is 10.6. The number of aryl methyl sites for hydroxylation is 1. The van der Waals surface area contributed by atoms with Crippen molar-refractivity contribution in [1.29, 1.82) is 0 Å². The molecule has 1 heterocycles. The van der Waals surface area contributed by atoms with Crippen LogP contribution < -0.4 is 5.09 Å². The summed E-state index contributed by atoms with van der Waals surface area (Å²) < 4.78 is 24.0. The van der Waals surface area contributed by atoms with Crippen molar-refractivity contribution in [2.75, 3.05) is 32.5 Å². The number of unbranched alkanes of at least 4 members (excludes halogenated alkanes) is 1. The standard InChI is InChI=1S/C22H35N2O5P/c1-3-28-21(25)18-24-16-10-8-15-20(22(24)26)23-30(27,29-4-2)17-11-9-14-19-12-6-5-7-13-19/h5-7,12-13,20H,3-4,8-11,14-18H2,1-2H3,(H,23,27)/t20-,30?/m0/s1. The van der Waals surface area contributed by atoms with Gasteiger partial charge in [-0.25, -0.2) is 5.09 Å². The minimum Gasteiger partial charge on any atom is -0.465 e. The van der Waals surface area contributed by atoms with Crippen LogP contribution in [0.1, 0.15) is 51.5 Å². The highest BCUT2D eigenvalue weighted by molar-refractivity contribution is 7.56. The number of carbonyl (C=O) groups is 2. The van der Waals surface area contributed by atoms with Crippen molar-refractivity contribution in [3.63, 3.8) is 0 Å². The van der Waals surface area contributed by atoms with Gasteiger partial charge >= 0.3 is 5.97 Å². The van der Waals surface area contributed by atoms with Gasteiger partial charge in [-0.2, -0.15) is 0 Å². The zero-order valence-corrected chi connectivity index (χ0v) is 19.1. The first-order valence-corrected chi connectivity index (χ1v) is 12.8. The van der Waals surface area contributed by atoms with E-state index in [4.69, 9.17) is 9.26 Å². The monoisotopic (exact) mass is 438 g/mol. The summed E-state index contributed by atoms with van der Waals surface area (Å²) in [5.41, 5.74) is 1.25. The van der Waals surface area contributed by atoms with Gasteiger partial charge in [0.15, 0.2) is 0 Å². The van der Waals surface area contributed by atoms with Gasteiger partial charge in [-0.05, 0) is 57.9 Å². The third-order valence-corrected chi connectivity index (χ3v) is 7.39. The first kappa shape index (κ1) is 24.6. The summed E-state index contributed by atoms with van der Waals surface area (Å²) in [7, 11) is -3.15. The third kappa shape index (κ3) is 8.21. The predicted molar refractivity (Wildman–Crippen MR) is 117 cm³/mol. The minimum absolute atomic E-state index is 0.0686. The van der Waals surface area contributed by atoms with Crippen molar-refractivity contribution in [3.8, 4) is 0 Å². The fraction of sp³-hybridized carbons (Fsp3) is 0.636. The van der Waals surface area contributed by atoms with Crippen LogP contribution in [0.5, 0.6) is 0 Å². The van der Waals surface area contributed by atoms with Crippen LogP contribution in [-0.4, -0.2) is 55.3 Å². The van der Waals surface area contributed by atoms with Gasteiger partial charge in [-0.3, -0.25) is 14.2 Å². The Hall–Kier alpha value is -1.69. The number of nitrogens with zero attached hydrogens (tertiary/aromatic N) is 1. The highest BCUT2D eigenvalue weighted by Gasteiger charge is 2.34. The molecule has 0 aliphatic carbocycles. The summed E-state index contributed by atoms with van der Waals surface area (Å²) in [5.74, 6) is -0.620. The molecule has 1 aliphatic heterocycles. The van der Waals surface area contributed by atoms with Gasteiger partial charge in [-0.1, -0.05) is 30.3 Å². The van der Waals surface area contributed by atoms with E-state index in [9.17, 15) is 14.2 Å². The number of rotatable bonds is 12. The fourth-order valence-corrected chi connectivity index (χ4v) is 5.75. The number of hydrogen-bond donors (Lipinski definition) is 1. The van der Waals surface area contributed by atoms with Gasteiger partial charge in [-0.15, -0.1) is 0 Å². The second kappa shape index (κ2) is 12.9. The number of benzene rings is 1. The lowest BCUT2D eigenvalue weighted by molar-refractivity contribution is -0.149. The van der Waals surface area contributed by atoms with E-state index in [0.29, 0.717) is 25.7 Å². The quantitative estimate of drug-likeness (QED) is 0.304. The number of amides is 1. The zero-order chi connectivity index (χ0) is 21.8. The zero-order valence-electron chi connectivity index (χ0n) is 18.2. The van der Waals surface area contributed by atoms with Gasteiger partial charge in [0.25, 0.3) is 7.52 Å². The topological polar surface area (TPSA) is 84.9 Å². The average molecular weight is 439 g/mol. The summed E-state index contributed by atoms with van der Waals surface area (Å²) in [6.45, 7) is 4.58. The molecule has 30 heavy (non-hydrogen) atoms. The van der Waals surface area contributed by atoms with E-state index in [1.807, 2.05) is 18.2 Å². The molecule has 2 rings (SSSR count). The highest BCUT2D eigenvalue weighted by Crippen LogP contribution is 2.44. The summed E-state index contributed by atoms with van der Waals surface area (Å²) >= 11 is 0. The van der Waals surface area contributed by atoms with E-state index >= 15 is 0 Å². The van der Waals surface area contributed by atoms with E-state index in [0.717, 1.165) is 32.1 Å². The normalized spacial score (nSPS) is 19.2. The molecule has 0 bridgehead atoms. The number of nitrogens with one attached hydrogen (secondary N) is 1. The van der Waals surface area contributed by atoms with Crippen molar-refractivity contribution < 1.29 is 23.4 Å². The summed E-state index contributed by atoms with van der Waals surface area (Å²) in [6, 6.07) is 9.59. The molecule has 1 aromatic carbocycles. The lowest BCUT2D eigenvalue weighted by Crippen LogP contribution is -2.46. The maximum Gasteiger partial charge on any atom is 0.325 e. The van der Waals surface area contributed by atoms with Crippen LogP contribution in [0.25, 0.3) is 0 Å². The Morgan fingerprint density at radius 3 is 2.63 bits per heavy atom. The Morgan fingerprint density at radius 1 is 1.17 bits per heavy atom. The molecule has 7 nitrogen and oxygen atoms in total. The number of carbonyl (C=O) groups excluding carboxylic acids is 2. The molecule has 8 heteroatoms. The van der Waals surface area contributed by atoms with Crippen LogP contribution >= 0.6 is 7.52 Å². The predicted octanol–water partition coefficient (Wildman–Crippen LogP) is 3.77. The molecule has 168 valence electrons. The van der Waals surface area contributed by atoms with Gasteiger partial charge < -0.3 is 14.2 Å². The minimum atomic E-state index is -3.15. The van der Waals surface area contributed by atoms with Gasteiger partial charge in [0.05, 0.1) is 19.3 Å². The Balaban J connectivity index is 1.93. The van der Waals surface area contributed by atoms with Crippen LogP contribution in [-0.2, 0) is 29.8 Å². The summed E-state index contributed by atoms with van der Waals surface area (Å²) in [5, 5.41) is 3.05.